The monoisotopic (exact) mass is 405 g/mol. The molecular weight excluding hydrogens is 385 g/mol. The second kappa shape index (κ2) is 7.90. The van der Waals surface area contributed by atoms with Gasteiger partial charge in [-0.2, -0.15) is 0 Å². The lowest BCUT2D eigenvalue weighted by atomic mass is 10.0. The summed E-state index contributed by atoms with van der Waals surface area (Å²) in [6.07, 6.45) is 3.45. The lowest BCUT2D eigenvalue weighted by Crippen LogP contribution is -2.31. The molecule has 0 fully saturated rings. The number of carbonyl (C=O) groups excluding carboxylic acids is 1. The van der Waals surface area contributed by atoms with Crippen LogP contribution in [-0.4, -0.2) is 25.5 Å². The Balaban J connectivity index is 1.69. The van der Waals surface area contributed by atoms with E-state index >= 15 is 0 Å². The summed E-state index contributed by atoms with van der Waals surface area (Å²) in [5, 5.41) is 5.91. The standard InChI is InChI=1S/C22H20FN5O2/c1-13-12-24-8-7-18(13)22(30)26-19(15-3-5-16(23)6-4-15)10-17-11-21(29)28-20(25-17)9-14(2)27-28/h3-9,11-12,19,27H,10H2,1-2H3,(H,26,30). The minimum atomic E-state index is -0.500. The van der Waals surface area contributed by atoms with Crippen LogP contribution in [0.5, 0.6) is 0 Å². The first-order valence-corrected chi connectivity index (χ1v) is 9.46. The Hall–Kier alpha value is -3.81. The Bertz CT molecular complexity index is 1280. The fourth-order valence-corrected chi connectivity index (χ4v) is 3.39. The Labute approximate surface area is 171 Å². The Kier molecular flexibility index (Phi) is 5.14. The summed E-state index contributed by atoms with van der Waals surface area (Å²) in [7, 11) is 0. The molecule has 0 bridgehead atoms. The number of pyridine rings is 1. The van der Waals surface area contributed by atoms with Gasteiger partial charge in [0.15, 0.2) is 5.65 Å². The number of carbonyl (C=O) groups is 1. The fourth-order valence-electron chi connectivity index (χ4n) is 3.39. The molecule has 0 radical (unpaired) electrons. The summed E-state index contributed by atoms with van der Waals surface area (Å²) in [6.45, 7) is 3.64. The average Bonchev–Trinajstić information content (AvgIpc) is 3.09. The lowest BCUT2D eigenvalue weighted by molar-refractivity contribution is 0.0935. The van der Waals surface area contributed by atoms with Gasteiger partial charge in [0.2, 0.25) is 0 Å². The zero-order chi connectivity index (χ0) is 21.3. The topological polar surface area (TPSA) is 92.2 Å². The predicted octanol–water partition coefficient (Wildman–Crippen LogP) is 2.89. The van der Waals surface area contributed by atoms with Crippen molar-refractivity contribution in [3.8, 4) is 0 Å². The maximum atomic E-state index is 13.4. The molecule has 152 valence electrons. The van der Waals surface area contributed by atoms with Crippen LogP contribution >= 0.6 is 0 Å². The van der Waals surface area contributed by atoms with E-state index in [0.29, 0.717) is 22.5 Å². The Morgan fingerprint density at radius 2 is 1.97 bits per heavy atom. The third-order valence-corrected chi connectivity index (χ3v) is 4.89. The quantitative estimate of drug-likeness (QED) is 0.534. The molecule has 0 aliphatic heterocycles. The predicted molar refractivity (Wildman–Crippen MR) is 110 cm³/mol. The number of aryl methyl sites for hydroxylation is 2. The van der Waals surface area contributed by atoms with Crippen molar-refractivity contribution in [3.05, 3.63) is 99.1 Å². The van der Waals surface area contributed by atoms with E-state index in [1.165, 1.54) is 22.7 Å². The van der Waals surface area contributed by atoms with Gasteiger partial charge in [-0.05, 0) is 43.2 Å². The van der Waals surface area contributed by atoms with Gasteiger partial charge in [-0.15, -0.1) is 0 Å². The van der Waals surface area contributed by atoms with Crippen molar-refractivity contribution in [2.24, 2.45) is 0 Å². The maximum Gasteiger partial charge on any atom is 0.272 e. The Morgan fingerprint density at radius 3 is 2.70 bits per heavy atom. The molecule has 4 aromatic rings. The number of fused-ring (bicyclic) bond motifs is 1. The van der Waals surface area contributed by atoms with Crippen LogP contribution in [-0.2, 0) is 6.42 Å². The highest BCUT2D eigenvalue weighted by atomic mass is 19.1. The largest absolute Gasteiger partial charge is 0.345 e. The van der Waals surface area contributed by atoms with E-state index in [2.05, 4.69) is 20.4 Å². The van der Waals surface area contributed by atoms with E-state index in [0.717, 1.165) is 11.3 Å². The van der Waals surface area contributed by atoms with Gasteiger partial charge in [-0.25, -0.2) is 13.9 Å². The number of hydrogen-bond donors (Lipinski definition) is 2. The van der Waals surface area contributed by atoms with E-state index in [4.69, 9.17) is 0 Å². The van der Waals surface area contributed by atoms with Gasteiger partial charge in [0, 0.05) is 42.2 Å². The molecule has 1 atom stereocenters. The minimum absolute atomic E-state index is 0.239. The molecule has 1 amide bonds. The molecule has 7 nitrogen and oxygen atoms in total. The van der Waals surface area contributed by atoms with Crippen molar-refractivity contribution in [1.82, 2.24) is 24.9 Å². The molecule has 8 heteroatoms. The van der Waals surface area contributed by atoms with E-state index in [1.54, 1.807) is 43.6 Å². The van der Waals surface area contributed by atoms with Gasteiger partial charge >= 0.3 is 0 Å². The molecular formula is C22H20FN5O2. The number of hydrogen-bond acceptors (Lipinski definition) is 4. The number of aromatic nitrogens is 4. The molecule has 2 N–H and O–H groups in total. The Morgan fingerprint density at radius 1 is 1.20 bits per heavy atom. The number of halogens is 1. The molecule has 3 aromatic heterocycles. The molecule has 30 heavy (non-hydrogen) atoms. The van der Waals surface area contributed by atoms with Crippen LogP contribution in [0.4, 0.5) is 4.39 Å². The van der Waals surface area contributed by atoms with E-state index in [1.807, 2.05) is 6.92 Å². The van der Waals surface area contributed by atoms with Crippen molar-refractivity contribution in [3.63, 3.8) is 0 Å². The second-order valence-electron chi connectivity index (χ2n) is 7.19. The third-order valence-electron chi connectivity index (χ3n) is 4.89. The van der Waals surface area contributed by atoms with E-state index in [9.17, 15) is 14.0 Å². The number of rotatable bonds is 5. The summed E-state index contributed by atoms with van der Waals surface area (Å²) >= 11 is 0. The third kappa shape index (κ3) is 3.98. The smallest absolute Gasteiger partial charge is 0.272 e. The van der Waals surface area contributed by atoms with Crippen LogP contribution < -0.4 is 10.9 Å². The van der Waals surface area contributed by atoms with Gasteiger partial charge < -0.3 is 5.32 Å². The van der Waals surface area contributed by atoms with Crippen molar-refractivity contribution < 1.29 is 9.18 Å². The summed E-state index contributed by atoms with van der Waals surface area (Å²) < 4.78 is 14.8. The first-order valence-electron chi connectivity index (χ1n) is 9.46. The average molecular weight is 405 g/mol. The lowest BCUT2D eigenvalue weighted by Gasteiger charge is -2.20. The molecule has 3 heterocycles. The van der Waals surface area contributed by atoms with Gasteiger partial charge in [-0.3, -0.25) is 19.7 Å². The summed E-state index contributed by atoms with van der Waals surface area (Å²) in [6, 6.07) is 10.3. The molecule has 1 aromatic carbocycles. The number of H-pyrrole nitrogens is 1. The highest BCUT2D eigenvalue weighted by Gasteiger charge is 2.19. The number of nitrogens with one attached hydrogen (secondary N) is 2. The highest BCUT2D eigenvalue weighted by molar-refractivity contribution is 5.95. The van der Waals surface area contributed by atoms with Crippen LogP contribution in [0.15, 0.2) is 59.7 Å². The van der Waals surface area contributed by atoms with Crippen LogP contribution in [0, 0.1) is 19.7 Å². The normalized spacial score (nSPS) is 12.1. The minimum Gasteiger partial charge on any atom is -0.345 e. The molecule has 0 aliphatic rings. The first-order chi connectivity index (χ1) is 14.4. The number of amides is 1. The van der Waals surface area contributed by atoms with Crippen molar-refractivity contribution >= 4 is 11.6 Å². The molecule has 0 spiro atoms. The number of aromatic amines is 1. The second-order valence-corrected chi connectivity index (χ2v) is 7.19. The highest BCUT2D eigenvalue weighted by Crippen LogP contribution is 2.20. The molecule has 0 saturated heterocycles. The van der Waals surface area contributed by atoms with Gasteiger partial charge in [-0.1, -0.05) is 12.1 Å². The van der Waals surface area contributed by atoms with Crippen LogP contribution in [0.3, 0.4) is 0 Å². The molecule has 0 aliphatic carbocycles. The van der Waals surface area contributed by atoms with E-state index in [-0.39, 0.29) is 23.7 Å². The first kappa shape index (κ1) is 19.5. The summed E-state index contributed by atoms with van der Waals surface area (Å²) in [5.74, 6) is -0.645. The van der Waals surface area contributed by atoms with Crippen LogP contribution in [0.25, 0.3) is 5.65 Å². The SMILES string of the molecule is Cc1cc2nc(CC(NC(=O)c3ccncc3C)c3ccc(F)cc3)cc(=O)n2[nH]1. The summed E-state index contributed by atoms with van der Waals surface area (Å²) in [4.78, 5) is 33.8. The summed E-state index contributed by atoms with van der Waals surface area (Å²) in [5.41, 5.74) is 3.56. The number of nitrogens with zero attached hydrogens (tertiary/aromatic N) is 3. The van der Waals surface area contributed by atoms with Crippen molar-refractivity contribution in [1.29, 1.82) is 0 Å². The van der Waals surface area contributed by atoms with Crippen molar-refractivity contribution in [2.75, 3.05) is 0 Å². The fraction of sp³-hybridized carbons (Fsp3) is 0.182. The van der Waals surface area contributed by atoms with Gasteiger partial charge in [0.05, 0.1) is 11.7 Å². The number of benzene rings is 1. The zero-order valence-electron chi connectivity index (χ0n) is 16.5. The molecule has 4 rings (SSSR count). The van der Waals surface area contributed by atoms with Gasteiger partial charge in [0.25, 0.3) is 11.5 Å². The molecule has 1 unspecified atom stereocenters. The zero-order valence-corrected chi connectivity index (χ0v) is 16.5. The van der Waals surface area contributed by atoms with Crippen LogP contribution in [0.1, 0.15) is 38.9 Å². The maximum absolute atomic E-state index is 13.4. The van der Waals surface area contributed by atoms with Crippen molar-refractivity contribution in [2.45, 2.75) is 26.3 Å². The van der Waals surface area contributed by atoms with E-state index < -0.39 is 6.04 Å². The molecule has 0 saturated carbocycles. The van der Waals surface area contributed by atoms with Crippen LogP contribution in [0.2, 0.25) is 0 Å². The van der Waals surface area contributed by atoms with Gasteiger partial charge in [0.1, 0.15) is 5.82 Å².